The van der Waals surface area contributed by atoms with Gasteiger partial charge in [-0.1, -0.05) is 32.8 Å². The van der Waals surface area contributed by atoms with Crippen molar-refractivity contribution in [2.24, 2.45) is 68.7 Å². The summed E-state index contributed by atoms with van der Waals surface area (Å²) in [6, 6.07) is 0. The molecule has 0 bridgehead atoms. The lowest BCUT2D eigenvalue weighted by Gasteiger charge is -2.65. The van der Waals surface area contributed by atoms with Gasteiger partial charge in [0, 0.05) is 66.2 Å². The van der Waals surface area contributed by atoms with E-state index >= 15 is 0 Å². The molecular weight excluding hydrogens is 706 g/mol. The molecule has 0 aromatic rings. The van der Waals surface area contributed by atoms with E-state index in [9.17, 15) is 34.2 Å². The van der Waals surface area contributed by atoms with Crippen LogP contribution in [0.15, 0.2) is 5.11 Å². The Balaban J connectivity index is 1.33. The van der Waals surface area contributed by atoms with E-state index in [2.05, 4.69) is 10.0 Å². The average molecular weight is 758 g/mol. The van der Waals surface area contributed by atoms with E-state index in [1.807, 2.05) is 27.7 Å². The maximum Gasteiger partial charge on any atom is 0.341 e. The number of aliphatic hydroxyl groups is 2. The van der Waals surface area contributed by atoms with E-state index < -0.39 is 141 Å². The van der Waals surface area contributed by atoms with Gasteiger partial charge in [0.05, 0.1) is 11.5 Å². The summed E-state index contributed by atoms with van der Waals surface area (Å²) in [6.07, 6.45) is -4.79. The Labute approximate surface area is 312 Å². The normalized spacial score (nSPS) is 54.1. The van der Waals surface area contributed by atoms with Crippen LogP contribution >= 0.6 is 0 Å². The van der Waals surface area contributed by atoms with E-state index in [1.165, 1.54) is 20.8 Å². The number of unbranched alkanes of at least 4 members (excludes halogenated alkanes) is 1. The molecule has 1 spiro atoms. The van der Waals surface area contributed by atoms with Crippen molar-refractivity contribution >= 4 is 29.7 Å². The topological polar surface area (TPSA) is 237 Å². The summed E-state index contributed by atoms with van der Waals surface area (Å²) in [5, 5.41) is 28.2. The number of epoxide rings is 2. The van der Waals surface area contributed by atoms with Crippen LogP contribution < -0.4 is 0 Å². The van der Waals surface area contributed by atoms with Crippen molar-refractivity contribution < 1.29 is 62.6 Å². The predicted molar refractivity (Wildman–Crippen MR) is 181 cm³/mol. The summed E-state index contributed by atoms with van der Waals surface area (Å²) in [5.41, 5.74) is 2.88. The second-order valence-corrected chi connectivity index (χ2v) is 18.2. The van der Waals surface area contributed by atoms with Crippen LogP contribution in [0.5, 0.6) is 0 Å². The van der Waals surface area contributed by atoms with Gasteiger partial charge in [0.15, 0.2) is 11.4 Å². The molecular formula is C38H51N3O13. The maximum absolute atomic E-state index is 14.7. The highest BCUT2D eigenvalue weighted by Crippen LogP contribution is 2.81. The van der Waals surface area contributed by atoms with Gasteiger partial charge in [0.25, 0.3) is 0 Å². The van der Waals surface area contributed by atoms with E-state index in [4.69, 9.17) is 34.0 Å². The summed E-state index contributed by atoms with van der Waals surface area (Å²) >= 11 is 0. The molecule has 20 atom stereocenters. The van der Waals surface area contributed by atoms with Gasteiger partial charge in [-0.2, -0.15) is 0 Å². The third-order valence-corrected chi connectivity index (χ3v) is 16.0. The molecule has 0 radical (unpaired) electrons. The van der Waals surface area contributed by atoms with E-state index in [-0.39, 0.29) is 19.1 Å². The van der Waals surface area contributed by atoms with Crippen molar-refractivity contribution in [3.8, 4) is 0 Å². The Kier molecular flexibility index (Phi) is 8.26. The van der Waals surface area contributed by atoms with Crippen molar-refractivity contribution in [3.05, 3.63) is 10.4 Å². The minimum Gasteiger partial charge on any atom is -0.462 e. The molecule has 5 saturated carbocycles. The van der Waals surface area contributed by atoms with Crippen LogP contribution in [0, 0.1) is 63.6 Å². The highest BCUT2D eigenvalue weighted by atomic mass is 16.8. The van der Waals surface area contributed by atoms with E-state index in [0.29, 0.717) is 19.3 Å². The molecule has 5 aliphatic carbocycles. The first-order valence-electron chi connectivity index (χ1n) is 19.3. The molecule has 54 heavy (non-hydrogen) atoms. The first-order chi connectivity index (χ1) is 25.3. The monoisotopic (exact) mass is 757 g/mol. The van der Waals surface area contributed by atoms with Crippen LogP contribution in [0.3, 0.4) is 0 Å². The summed E-state index contributed by atoms with van der Waals surface area (Å²) in [4.78, 5) is 70.9. The number of hydrogen-bond donors (Lipinski definition) is 2. The SMILES string of the molecule is CC(=O)O[C@H]1[C@@H](C)[C@H]2[C@H]([C@@H]3[C@@H](OC(=O)CCCCN=[N+]=[N-])[C@@H]4[C@H]([C@H](C)[C@H]5O[C@]56OC(=O)[C@@](C)(O)[C@]46C)[C@]31C)[C@@H](O)C(=O)[C@H]1C[C@@H]3O[C@@H]3[C@H](OC(C)=O)[C@]21C. The van der Waals surface area contributed by atoms with Gasteiger partial charge in [-0.05, 0) is 62.3 Å². The van der Waals surface area contributed by atoms with Crippen molar-refractivity contribution in [2.75, 3.05) is 6.54 Å². The standard InChI is InChI=1S/C38H51N3O13/c1-14-22-21(27(46)26(45)18-13-19-28(51-19)32(34(18,22)5)50-17(4)43)24-29(52-20(44)11-9-10-12-40-41-39)25-23(35(24,6)30(14)49-16(3)42)15(2)31-38(53-31)36(25,7)37(8,48)33(47)54-38/h14-15,18-19,21-25,27-32,46,48H,9-13H2,1-8H3/t14-,15-,18+,19-,21+,22-,23-,24+,25-,27+,28-,29+,30-,31+,32-,34-,35+,36-,37+,38-/m0/s1. The number of ketones is 1. The first-order valence-corrected chi connectivity index (χ1v) is 19.3. The van der Waals surface area contributed by atoms with Gasteiger partial charge in [-0.25, -0.2) is 4.79 Å². The quantitative estimate of drug-likeness (QED) is 0.0690. The molecule has 8 aliphatic rings. The van der Waals surface area contributed by atoms with Gasteiger partial charge in [-0.15, -0.1) is 0 Å². The number of esters is 4. The third kappa shape index (κ3) is 4.46. The highest BCUT2D eigenvalue weighted by molar-refractivity contribution is 5.88. The zero-order valence-corrected chi connectivity index (χ0v) is 31.9. The molecule has 8 rings (SSSR count). The Bertz CT molecular complexity index is 1750. The minimum absolute atomic E-state index is 0.0469. The molecule has 296 valence electrons. The van der Waals surface area contributed by atoms with Crippen LogP contribution in [0.2, 0.25) is 0 Å². The van der Waals surface area contributed by atoms with Gasteiger partial charge in [0.2, 0.25) is 5.79 Å². The van der Waals surface area contributed by atoms with Gasteiger partial charge in [0.1, 0.15) is 36.6 Å². The Hall–Kier alpha value is -3.30. The molecule has 3 saturated heterocycles. The van der Waals surface area contributed by atoms with E-state index in [1.54, 1.807) is 6.92 Å². The Morgan fingerprint density at radius 1 is 0.926 bits per heavy atom. The molecule has 0 aromatic carbocycles. The van der Waals surface area contributed by atoms with Gasteiger partial charge >= 0.3 is 23.9 Å². The number of ether oxygens (including phenoxy) is 6. The lowest BCUT2D eigenvalue weighted by Crippen LogP contribution is -2.72. The summed E-state index contributed by atoms with van der Waals surface area (Å²) < 4.78 is 37.3. The zero-order chi connectivity index (χ0) is 39.2. The maximum atomic E-state index is 14.7. The van der Waals surface area contributed by atoms with Crippen LogP contribution in [0.1, 0.15) is 81.1 Å². The zero-order valence-electron chi connectivity index (χ0n) is 31.9. The number of Topliss-reactive ketones (excluding diaryl/α,β-unsaturated/α-hetero) is 1. The Morgan fingerprint density at radius 2 is 1.59 bits per heavy atom. The number of hydrogen-bond acceptors (Lipinski definition) is 14. The van der Waals surface area contributed by atoms with Crippen LogP contribution in [-0.4, -0.2) is 101 Å². The van der Waals surface area contributed by atoms with Crippen molar-refractivity contribution in [2.45, 2.75) is 135 Å². The highest BCUT2D eigenvalue weighted by Gasteiger charge is 2.93. The van der Waals surface area contributed by atoms with Crippen molar-refractivity contribution in [1.82, 2.24) is 0 Å². The second kappa shape index (κ2) is 11.9. The fourth-order valence-electron chi connectivity index (χ4n) is 14.0. The lowest BCUT2D eigenvalue weighted by atomic mass is 9.39. The first kappa shape index (κ1) is 37.6. The minimum atomic E-state index is -2.11. The third-order valence-electron chi connectivity index (χ3n) is 16.0. The number of fused-ring (bicyclic) bond motifs is 9. The summed E-state index contributed by atoms with van der Waals surface area (Å²) in [5.74, 6) is -9.99. The molecule has 0 unspecified atom stereocenters. The van der Waals surface area contributed by atoms with Gasteiger partial charge in [-0.3, -0.25) is 19.2 Å². The van der Waals surface area contributed by atoms with E-state index in [0.717, 1.165) is 0 Å². The number of azide groups is 1. The summed E-state index contributed by atoms with van der Waals surface area (Å²) in [6.45, 7) is 13.6. The number of carbonyl (C=O) groups excluding carboxylic acids is 5. The van der Waals surface area contributed by atoms with Crippen LogP contribution in [0.4, 0.5) is 0 Å². The molecule has 8 fully saturated rings. The van der Waals surface area contributed by atoms with Gasteiger partial charge < -0.3 is 38.6 Å². The Morgan fingerprint density at radius 3 is 2.24 bits per heavy atom. The largest absolute Gasteiger partial charge is 0.462 e. The number of carbonyl (C=O) groups is 5. The molecule has 3 aliphatic heterocycles. The molecule has 16 heteroatoms. The number of nitrogens with zero attached hydrogens (tertiary/aromatic N) is 3. The molecule has 3 heterocycles. The lowest BCUT2D eigenvalue weighted by molar-refractivity contribution is -0.253. The second-order valence-electron chi connectivity index (χ2n) is 18.2. The summed E-state index contributed by atoms with van der Waals surface area (Å²) in [7, 11) is 0. The number of aliphatic hydroxyl groups excluding tert-OH is 1. The molecule has 16 nitrogen and oxygen atoms in total. The number of rotatable bonds is 8. The average Bonchev–Trinajstić information content (AvgIpc) is 4.00. The van der Waals surface area contributed by atoms with Crippen LogP contribution in [0.25, 0.3) is 10.4 Å². The predicted octanol–water partition coefficient (Wildman–Crippen LogP) is 2.79. The van der Waals surface area contributed by atoms with Crippen molar-refractivity contribution in [3.63, 3.8) is 0 Å². The van der Waals surface area contributed by atoms with Crippen molar-refractivity contribution in [1.29, 1.82) is 0 Å². The fourth-order valence-corrected chi connectivity index (χ4v) is 14.0. The van der Waals surface area contributed by atoms with Crippen LogP contribution in [-0.2, 0) is 52.4 Å². The molecule has 0 amide bonds. The fraction of sp³-hybridized carbons (Fsp3) is 0.868. The molecule has 0 aromatic heterocycles. The smallest absolute Gasteiger partial charge is 0.341 e. The molecule has 2 N–H and O–H groups in total.